The zero-order valence-electron chi connectivity index (χ0n) is 21.0. The van der Waals surface area contributed by atoms with Crippen molar-refractivity contribution in [2.75, 3.05) is 4.90 Å². The Kier molecular flexibility index (Phi) is 6.35. The SMILES string of the molecule is Cc1cc(O)cc(N(c2ccccc2Oc2c(O)ccc(C)c2C)c2cc(O)cc(C)c2C)c1C. The van der Waals surface area contributed by atoms with Crippen LogP contribution in [0, 0.1) is 41.5 Å². The molecule has 0 saturated carbocycles. The molecule has 5 nitrogen and oxygen atoms in total. The highest BCUT2D eigenvalue weighted by atomic mass is 16.5. The minimum absolute atomic E-state index is 0.0585. The Bertz CT molecular complexity index is 1370. The summed E-state index contributed by atoms with van der Waals surface area (Å²) in [5, 5.41) is 31.6. The van der Waals surface area contributed by atoms with Gasteiger partial charge in [-0.25, -0.2) is 0 Å². The molecule has 4 rings (SSSR count). The van der Waals surface area contributed by atoms with E-state index in [4.69, 9.17) is 4.74 Å². The molecule has 0 bridgehead atoms. The standard InChI is InChI=1S/C30H31NO4/c1-17-11-12-28(34)30(22(17)6)35-29-10-8-7-9-25(29)31(26-15-23(32)13-18(2)20(26)4)27-16-24(33)14-19(3)21(27)5/h7-16,32-34H,1-6H3. The maximum atomic E-state index is 10.6. The van der Waals surface area contributed by atoms with Gasteiger partial charge in [0.05, 0.1) is 17.1 Å². The quantitative estimate of drug-likeness (QED) is 0.277. The predicted molar refractivity (Wildman–Crippen MR) is 141 cm³/mol. The second kappa shape index (κ2) is 9.26. The van der Waals surface area contributed by atoms with E-state index in [2.05, 4.69) is 0 Å². The van der Waals surface area contributed by atoms with Crippen LogP contribution in [-0.4, -0.2) is 15.3 Å². The summed E-state index contributed by atoms with van der Waals surface area (Å²) in [4.78, 5) is 1.99. The van der Waals surface area contributed by atoms with Crippen molar-refractivity contribution in [1.29, 1.82) is 0 Å². The summed E-state index contributed by atoms with van der Waals surface area (Å²) < 4.78 is 6.36. The Balaban J connectivity index is 2.01. The van der Waals surface area contributed by atoms with Crippen LogP contribution < -0.4 is 9.64 Å². The first-order chi connectivity index (χ1) is 16.6. The first kappa shape index (κ1) is 24.0. The summed E-state index contributed by atoms with van der Waals surface area (Å²) in [7, 11) is 0. The molecule has 0 unspecified atom stereocenters. The number of aromatic hydroxyl groups is 3. The van der Waals surface area contributed by atoms with Crippen LogP contribution in [0.25, 0.3) is 0 Å². The Labute approximate surface area is 206 Å². The van der Waals surface area contributed by atoms with Crippen LogP contribution >= 0.6 is 0 Å². The van der Waals surface area contributed by atoms with Gasteiger partial charge in [0.25, 0.3) is 0 Å². The van der Waals surface area contributed by atoms with Crippen molar-refractivity contribution in [2.45, 2.75) is 41.5 Å². The minimum Gasteiger partial charge on any atom is -0.508 e. The molecule has 4 aromatic rings. The number of hydrogen-bond donors (Lipinski definition) is 3. The molecule has 0 fully saturated rings. The Hall–Kier alpha value is -4.12. The molecule has 5 heteroatoms. The fourth-order valence-electron chi connectivity index (χ4n) is 4.24. The van der Waals surface area contributed by atoms with E-state index < -0.39 is 0 Å². The zero-order chi connectivity index (χ0) is 25.4. The van der Waals surface area contributed by atoms with Gasteiger partial charge in [0, 0.05) is 12.1 Å². The van der Waals surface area contributed by atoms with Crippen LogP contribution in [-0.2, 0) is 0 Å². The van der Waals surface area contributed by atoms with Crippen molar-refractivity contribution in [3.8, 4) is 28.7 Å². The smallest absolute Gasteiger partial charge is 0.172 e. The topological polar surface area (TPSA) is 73.2 Å². The lowest BCUT2D eigenvalue weighted by molar-refractivity contribution is 0.409. The van der Waals surface area contributed by atoms with E-state index in [-0.39, 0.29) is 17.2 Å². The number of nitrogens with zero attached hydrogens (tertiary/aromatic N) is 1. The summed E-state index contributed by atoms with van der Waals surface area (Å²) in [6, 6.07) is 17.9. The highest BCUT2D eigenvalue weighted by molar-refractivity contribution is 5.85. The van der Waals surface area contributed by atoms with E-state index in [1.807, 2.05) is 76.8 Å². The average molecular weight is 470 g/mol. The highest BCUT2D eigenvalue weighted by Gasteiger charge is 2.24. The maximum Gasteiger partial charge on any atom is 0.172 e. The van der Waals surface area contributed by atoms with Gasteiger partial charge in [-0.2, -0.15) is 0 Å². The number of ether oxygens (including phenoxy) is 1. The molecule has 0 heterocycles. The van der Waals surface area contributed by atoms with Gasteiger partial charge in [0.2, 0.25) is 0 Å². The largest absolute Gasteiger partial charge is 0.508 e. The second-order valence-electron chi connectivity index (χ2n) is 9.07. The number of anilines is 3. The molecule has 0 aliphatic heterocycles. The van der Waals surface area contributed by atoms with Crippen molar-refractivity contribution in [1.82, 2.24) is 0 Å². The van der Waals surface area contributed by atoms with Gasteiger partial charge in [-0.15, -0.1) is 0 Å². The first-order valence-electron chi connectivity index (χ1n) is 11.5. The number of hydrogen-bond acceptors (Lipinski definition) is 5. The number of phenols is 3. The third kappa shape index (κ3) is 4.50. The molecule has 3 N–H and O–H groups in total. The summed E-state index contributed by atoms with van der Waals surface area (Å²) in [6.07, 6.45) is 0. The lowest BCUT2D eigenvalue weighted by Crippen LogP contribution is -2.14. The summed E-state index contributed by atoms with van der Waals surface area (Å²) in [5.41, 5.74) is 7.91. The van der Waals surface area contributed by atoms with Crippen LogP contribution in [0.15, 0.2) is 60.7 Å². The Morgan fingerprint density at radius 3 is 1.69 bits per heavy atom. The molecule has 0 aliphatic rings. The predicted octanol–water partition coefficient (Wildman–Crippen LogP) is 7.92. The number of phenolic OH excluding ortho intramolecular Hbond substituents is 3. The fourth-order valence-corrected chi connectivity index (χ4v) is 4.24. The molecule has 0 amide bonds. The van der Waals surface area contributed by atoms with Gasteiger partial charge in [0.1, 0.15) is 11.5 Å². The molecule has 35 heavy (non-hydrogen) atoms. The lowest BCUT2D eigenvalue weighted by Gasteiger charge is -2.31. The molecule has 180 valence electrons. The molecule has 0 spiro atoms. The van der Waals surface area contributed by atoms with Crippen LogP contribution in [0.4, 0.5) is 17.1 Å². The normalized spacial score (nSPS) is 10.9. The Morgan fingerprint density at radius 1 is 0.571 bits per heavy atom. The summed E-state index contributed by atoms with van der Waals surface area (Å²) >= 11 is 0. The van der Waals surface area contributed by atoms with E-state index in [9.17, 15) is 15.3 Å². The molecule has 0 aromatic heterocycles. The van der Waals surface area contributed by atoms with Crippen LogP contribution in [0.3, 0.4) is 0 Å². The second-order valence-corrected chi connectivity index (χ2v) is 9.07. The van der Waals surface area contributed by atoms with E-state index >= 15 is 0 Å². The third-order valence-corrected chi connectivity index (χ3v) is 6.71. The first-order valence-corrected chi connectivity index (χ1v) is 11.5. The molecule has 0 atom stereocenters. The van der Waals surface area contributed by atoms with Crippen molar-refractivity contribution in [3.63, 3.8) is 0 Å². The molecular formula is C30H31NO4. The van der Waals surface area contributed by atoms with Crippen molar-refractivity contribution in [2.24, 2.45) is 0 Å². The monoisotopic (exact) mass is 469 g/mol. The average Bonchev–Trinajstić information content (AvgIpc) is 2.81. The van der Waals surface area contributed by atoms with Crippen molar-refractivity contribution < 1.29 is 20.1 Å². The highest BCUT2D eigenvalue weighted by Crippen LogP contribution is 2.47. The van der Waals surface area contributed by atoms with E-state index in [0.717, 1.165) is 44.8 Å². The van der Waals surface area contributed by atoms with Gasteiger partial charge in [-0.1, -0.05) is 18.2 Å². The van der Waals surface area contributed by atoms with Crippen LogP contribution in [0.1, 0.15) is 33.4 Å². The number of aryl methyl sites for hydroxylation is 3. The van der Waals surface area contributed by atoms with Crippen molar-refractivity contribution in [3.05, 3.63) is 94.0 Å². The van der Waals surface area contributed by atoms with Gasteiger partial charge in [-0.3, -0.25) is 0 Å². The minimum atomic E-state index is 0.0585. The van der Waals surface area contributed by atoms with Gasteiger partial charge < -0.3 is 25.0 Å². The molecular weight excluding hydrogens is 438 g/mol. The van der Waals surface area contributed by atoms with Crippen LogP contribution in [0.2, 0.25) is 0 Å². The third-order valence-electron chi connectivity index (χ3n) is 6.71. The molecule has 0 aliphatic carbocycles. The van der Waals surface area contributed by atoms with E-state index in [1.54, 1.807) is 30.3 Å². The van der Waals surface area contributed by atoms with Crippen LogP contribution in [0.5, 0.6) is 28.7 Å². The molecule has 4 aromatic carbocycles. The number of para-hydroxylation sites is 2. The zero-order valence-corrected chi connectivity index (χ0v) is 21.0. The maximum absolute atomic E-state index is 10.6. The van der Waals surface area contributed by atoms with Crippen molar-refractivity contribution >= 4 is 17.1 Å². The van der Waals surface area contributed by atoms with E-state index in [0.29, 0.717) is 17.2 Å². The fraction of sp³-hybridized carbons (Fsp3) is 0.200. The van der Waals surface area contributed by atoms with Gasteiger partial charge in [-0.05, 0) is 105 Å². The Morgan fingerprint density at radius 2 is 1.11 bits per heavy atom. The van der Waals surface area contributed by atoms with E-state index in [1.165, 1.54) is 0 Å². The molecule has 0 radical (unpaired) electrons. The number of rotatable bonds is 5. The lowest BCUT2D eigenvalue weighted by atomic mass is 10.0. The van der Waals surface area contributed by atoms with Gasteiger partial charge in [0.15, 0.2) is 17.2 Å². The van der Waals surface area contributed by atoms with Gasteiger partial charge >= 0.3 is 0 Å². The number of benzene rings is 4. The summed E-state index contributed by atoms with van der Waals surface area (Å²) in [6.45, 7) is 11.8. The molecule has 0 saturated heterocycles. The summed E-state index contributed by atoms with van der Waals surface area (Å²) in [5.74, 6) is 1.27.